The molecule has 5 nitrogen and oxygen atoms in total. The molecule has 0 heterocycles. The van der Waals surface area contributed by atoms with E-state index in [0.29, 0.717) is 18.9 Å². The molecule has 0 radical (unpaired) electrons. The SMILES string of the molecule is CCCCOCCNS(=O)(=O)c1ccc(N)cc1. The van der Waals surface area contributed by atoms with Crippen LogP contribution in [0.25, 0.3) is 0 Å². The molecule has 1 aromatic carbocycles. The maximum absolute atomic E-state index is 11.8. The second kappa shape index (κ2) is 7.35. The maximum atomic E-state index is 11.8. The van der Waals surface area contributed by atoms with Gasteiger partial charge in [-0.2, -0.15) is 0 Å². The summed E-state index contributed by atoms with van der Waals surface area (Å²) in [5.74, 6) is 0. The molecule has 0 saturated heterocycles. The first-order valence-corrected chi connectivity index (χ1v) is 7.47. The van der Waals surface area contributed by atoms with E-state index in [0.717, 1.165) is 12.8 Å². The molecule has 6 heteroatoms. The summed E-state index contributed by atoms with van der Waals surface area (Å²) in [5.41, 5.74) is 6.04. The summed E-state index contributed by atoms with van der Waals surface area (Å²) in [5, 5.41) is 0. The van der Waals surface area contributed by atoms with Crippen LogP contribution in [0.1, 0.15) is 19.8 Å². The fourth-order valence-electron chi connectivity index (χ4n) is 1.33. The molecule has 1 aromatic rings. The first-order chi connectivity index (χ1) is 8.56. The van der Waals surface area contributed by atoms with E-state index in [1.165, 1.54) is 12.1 Å². The summed E-state index contributed by atoms with van der Waals surface area (Å²) in [6, 6.07) is 6.09. The molecule has 0 aliphatic rings. The number of nitrogens with one attached hydrogen (secondary N) is 1. The smallest absolute Gasteiger partial charge is 0.240 e. The number of hydrogen-bond acceptors (Lipinski definition) is 4. The Bertz CT molecular complexity index is 443. The lowest BCUT2D eigenvalue weighted by molar-refractivity contribution is 0.136. The number of hydrogen-bond donors (Lipinski definition) is 2. The van der Waals surface area contributed by atoms with Crippen molar-refractivity contribution in [1.29, 1.82) is 0 Å². The fourth-order valence-corrected chi connectivity index (χ4v) is 2.34. The van der Waals surface area contributed by atoms with Crippen molar-refractivity contribution in [1.82, 2.24) is 4.72 Å². The fraction of sp³-hybridized carbons (Fsp3) is 0.500. The number of nitrogen functional groups attached to an aromatic ring is 1. The number of nitrogens with two attached hydrogens (primary N) is 1. The van der Waals surface area contributed by atoms with Gasteiger partial charge in [-0.05, 0) is 30.7 Å². The highest BCUT2D eigenvalue weighted by molar-refractivity contribution is 7.89. The van der Waals surface area contributed by atoms with E-state index in [9.17, 15) is 8.42 Å². The molecule has 0 atom stereocenters. The predicted octanol–water partition coefficient (Wildman–Crippen LogP) is 1.36. The zero-order chi connectivity index (χ0) is 13.4. The quantitative estimate of drug-likeness (QED) is 0.553. The van der Waals surface area contributed by atoms with Crippen LogP contribution in [0.3, 0.4) is 0 Å². The third-order valence-corrected chi connectivity index (χ3v) is 3.85. The van der Waals surface area contributed by atoms with E-state index in [2.05, 4.69) is 11.6 Å². The zero-order valence-electron chi connectivity index (χ0n) is 10.6. The van der Waals surface area contributed by atoms with Gasteiger partial charge in [-0.15, -0.1) is 0 Å². The largest absolute Gasteiger partial charge is 0.399 e. The lowest BCUT2D eigenvalue weighted by atomic mass is 10.3. The number of benzene rings is 1. The van der Waals surface area contributed by atoms with E-state index < -0.39 is 10.0 Å². The molecule has 0 aromatic heterocycles. The maximum Gasteiger partial charge on any atom is 0.240 e. The first-order valence-electron chi connectivity index (χ1n) is 5.99. The Morgan fingerprint density at radius 2 is 1.89 bits per heavy atom. The minimum Gasteiger partial charge on any atom is -0.399 e. The average Bonchev–Trinajstić information content (AvgIpc) is 2.34. The summed E-state index contributed by atoms with van der Waals surface area (Å²) < 4.78 is 31.4. The molecule has 0 aliphatic heterocycles. The van der Waals surface area contributed by atoms with Crippen LogP contribution < -0.4 is 10.5 Å². The van der Waals surface area contributed by atoms with Gasteiger partial charge in [0.1, 0.15) is 0 Å². The Kier molecular flexibility index (Phi) is 6.11. The number of rotatable bonds is 8. The van der Waals surface area contributed by atoms with Crippen molar-refractivity contribution < 1.29 is 13.2 Å². The van der Waals surface area contributed by atoms with Crippen molar-refractivity contribution in [2.75, 3.05) is 25.5 Å². The van der Waals surface area contributed by atoms with E-state index in [1.807, 2.05) is 0 Å². The molecule has 18 heavy (non-hydrogen) atoms. The molecular formula is C12H20N2O3S. The van der Waals surface area contributed by atoms with Crippen LogP contribution in [0.15, 0.2) is 29.2 Å². The predicted molar refractivity (Wildman–Crippen MR) is 71.8 cm³/mol. The van der Waals surface area contributed by atoms with Crippen LogP contribution in [-0.4, -0.2) is 28.2 Å². The van der Waals surface area contributed by atoms with Crippen LogP contribution in [0.4, 0.5) is 5.69 Å². The highest BCUT2D eigenvalue weighted by atomic mass is 32.2. The van der Waals surface area contributed by atoms with Gasteiger partial charge < -0.3 is 10.5 Å². The summed E-state index contributed by atoms with van der Waals surface area (Å²) in [4.78, 5) is 0.213. The first kappa shape index (κ1) is 14.9. The second-order valence-corrected chi connectivity index (χ2v) is 5.70. The number of anilines is 1. The zero-order valence-corrected chi connectivity index (χ0v) is 11.4. The number of sulfonamides is 1. The molecule has 0 fully saturated rings. The highest BCUT2D eigenvalue weighted by Crippen LogP contribution is 2.10. The van der Waals surface area contributed by atoms with Gasteiger partial charge in [0.25, 0.3) is 0 Å². The van der Waals surface area contributed by atoms with Crippen LogP contribution in [0.2, 0.25) is 0 Å². The van der Waals surface area contributed by atoms with Crippen molar-refractivity contribution in [3.63, 3.8) is 0 Å². The standard InChI is InChI=1S/C12H20N2O3S/c1-2-3-9-17-10-8-14-18(15,16)12-6-4-11(13)5-7-12/h4-7,14H,2-3,8-10,13H2,1H3. The number of unbranched alkanes of at least 4 members (excludes halogenated alkanes) is 1. The van der Waals surface area contributed by atoms with E-state index in [-0.39, 0.29) is 11.4 Å². The van der Waals surface area contributed by atoms with Crippen LogP contribution >= 0.6 is 0 Å². The summed E-state index contributed by atoms with van der Waals surface area (Å²) in [7, 11) is -3.46. The van der Waals surface area contributed by atoms with Gasteiger partial charge in [-0.1, -0.05) is 13.3 Å². The Balaban J connectivity index is 2.38. The molecule has 0 aliphatic carbocycles. The van der Waals surface area contributed by atoms with Crippen molar-refractivity contribution in [2.45, 2.75) is 24.7 Å². The minimum absolute atomic E-state index is 0.213. The number of ether oxygens (including phenoxy) is 1. The van der Waals surface area contributed by atoms with Crippen LogP contribution in [-0.2, 0) is 14.8 Å². The lowest BCUT2D eigenvalue weighted by Gasteiger charge is -2.07. The summed E-state index contributed by atoms with van der Waals surface area (Å²) in [6.45, 7) is 3.40. The van der Waals surface area contributed by atoms with Gasteiger partial charge in [0, 0.05) is 18.8 Å². The van der Waals surface area contributed by atoms with E-state index in [4.69, 9.17) is 10.5 Å². The molecule has 102 valence electrons. The van der Waals surface area contributed by atoms with Gasteiger partial charge in [0.05, 0.1) is 11.5 Å². The molecule has 0 amide bonds. The van der Waals surface area contributed by atoms with E-state index in [1.54, 1.807) is 12.1 Å². The minimum atomic E-state index is -3.46. The van der Waals surface area contributed by atoms with Crippen molar-refractivity contribution in [3.05, 3.63) is 24.3 Å². The third-order valence-electron chi connectivity index (χ3n) is 2.37. The average molecular weight is 272 g/mol. The highest BCUT2D eigenvalue weighted by Gasteiger charge is 2.12. The van der Waals surface area contributed by atoms with Crippen LogP contribution in [0.5, 0.6) is 0 Å². The Morgan fingerprint density at radius 1 is 1.22 bits per heavy atom. The van der Waals surface area contributed by atoms with Gasteiger partial charge in [0.2, 0.25) is 10.0 Å². The molecule has 1 rings (SSSR count). The van der Waals surface area contributed by atoms with Crippen molar-refractivity contribution in [2.24, 2.45) is 0 Å². The second-order valence-electron chi connectivity index (χ2n) is 3.93. The summed E-state index contributed by atoms with van der Waals surface area (Å²) >= 11 is 0. The van der Waals surface area contributed by atoms with Gasteiger partial charge >= 0.3 is 0 Å². The Morgan fingerprint density at radius 3 is 2.50 bits per heavy atom. The van der Waals surface area contributed by atoms with Crippen LogP contribution in [0, 0.1) is 0 Å². The molecule has 3 N–H and O–H groups in total. The van der Waals surface area contributed by atoms with E-state index >= 15 is 0 Å². The Labute approximate surface area is 108 Å². The Hall–Kier alpha value is -1.11. The molecule has 0 bridgehead atoms. The van der Waals surface area contributed by atoms with Gasteiger partial charge in [0.15, 0.2) is 0 Å². The normalized spacial score (nSPS) is 11.6. The van der Waals surface area contributed by atoms with Crippen molar-refractivity contribution >= 4 is 15.7 Å². The molecular weight excluding hydrogens is 252 g/mol. The molecule has 0 saturated carbocycles. The van der Waals surface area contributed by atoms with Gasteiger partial charge in [-0.3, -0.25) is 0 Å². The molecule has 0 spiro atoms. The molecule has 0 unspecified atom stereocenters. The topological polar surface area (TPSA) is 81.4 Å². The van der Waals surface area contributed by atoms with Gasteiger partial charge in [-0.25, -0.2) is 13.1 Å². The third kappa shape index (κ3) is 5.03. The summed E-state index contributed by atoms with van der Waals surface area (Å²) in [6.07, 6.45) is 2.06. The monoisotopic (exact) mass is 272 g/mol. The lowest BCUT2D eigenvalue weighted by Crippen LogP contribution is -2.27. The van der Waals surface area contributed by atoms with Crippen molar-refractivity contribution in [3.8, 4) is 0 Å².